The molecule has 1 aromatic carbocycles. The number of nitrogens with zero attached hydrogens (tertiary/aromatic N) is 1. The van der Waals surface area contributed by atoms with Crippen molar-refractivity contribution in [2.24, 2.45) is 5.73 Å². The highest BCUT2D eigenvalue weighted by molar-refractivity contribution is 7.11. The molecule has 3 nitrogen and oxygen atoms in total. The van der Waals surface area contributed by atoms with Crippen LogP contribution in [-0.2, 0) is 13.0 Å². The van der Waals surface area contributed by atoms with Gasteiger partial charge < -0.3 is 10.5 Å². The molecule has 0 amide bonds. The first-order valence-corrected chi connectivity index (χ1v) is 7.26. The Labute approximate surface area is 118 Å². The molecular formula is C15H20N2OS. The minimum Gasteiger partial charge on any atom is -0.487 e. The van der Waals surface area contributed by atoms with Gasteiger partial charge in [-0.05, 0) is 50.4 Å². The highest BCUT2D eigenvalue weighted by Gasteiger charge is 2.07. The van der Waals surface area contributed by atoms with Crippen LogP contribution in [0.5, 0.6) is 5.75 Å². The Morgan fingerprint density at radius 1 is 1.21 bits per heavy atom. The summed E-state index contributed by atoms with van der Waals surface area (Å²) in [7, 11) is 0. The van der Waals surface area contributed by atoms with Crippen LogP contribution >= 0.6 is 11.3 Å². The molecule has 2 aromatic rings. The molecule has 0 atom stereocenters. The van der Waals surface area contributed by atoms with E-state index in [0.29, 0.717) is 13.2 Å². The number of aryl methyl sites for hydroxylation is 3. The number of hydrogen-bond acceptors (Lipinski definition) is 4. The molecule has 0 fully saturated rings. The predicted molar refractivity (Wildman–Crippen MR) is 79.9 cm³/mol. The molecule has 0 radical (unpaired) electrons. The summed E-state index contributed by atoms with van der Waals surface area (Å²) in [5.74, 6) is 0.979. The average Bonchev–Trinajstić information content (AvgIpc) is 2.74. The number of thiazole rings is 1. The Morgan fingerprint density at radius 2 is 1.89 bits per heavy atom. The van der Waals surface area contributed by atoms with E-state index in [1.807, 2.05) is 13.1 Å². The molecule has 19 heavy (non-hydrogen) atoms. The van der Waals surface area contributed by atoms with Crippen molar-refractivity contribution in [1.29, 1.82) is 0 Å². The van der Waals surface area contributed by atoms with E-state index >= 15 is 0 Å². The van der Waals surface area contributed by atoms with Gasteiger partial charge in [0.1, 0.15) is 12.4 Å². The third kappa shape index (κ3) is 3.55. The summed E-state index contributed by atoms with van der Waals surface area (Å²) in [4.78, 5) is 5.39. The molecule has 102 valence electrons. The Balaban J connectivity index is 2.11. The van der Waals surface area contributed by atoms with Crippen molar-refractivity contribution < 1.29 is 4.74 Å². The van der Waals surface area contributed by atoms with Gasteiger partial charge in [0, 0.05) is 6.20 Å². The molecule has 0 saturated heterocycles. The van der Waals surface area contributed by atoms with Crippen LogP contribution in [0.2, 0.25) is 0 Å². The summed E-state index contributed by atoms with van der Waals surface area (Å²) in [5.41, 5.74) is 9.22. The summed E-state index contributed by atoms with van der Waals surface area (Å²) in [6, 6.07) is 4.32. The maximum atomic E-state index is 5.94. The number of ether oxygens (including phenoxy) is 1. The van der Waals surface area contributed by atoms with E-state index in [-0.39, 0.29) is 0 Å². The van der Waals surface area contributed by atoms with Crippen LogP contribution in [0.15, 0.2) is 18.3 Å². The molecule has 2 rings (SSSR count). The Bertz CT molecular complexity index is 540. The molecule has 0 unspecified atom stereocenters. The molecule has 0 aliphatic carbocycles. The van der Waals surface area contributed by atoms with Crippen molar-refractivity contribution in [3.8, 4) is 5.75 Å². The smallest absolute Gasteiger partial charge is 0.125 e. The number of aromatic nitrogens is 1. The minimum atomic E-state index is 0.587. The van der Waals surface area contributed by atoms with E-state index in [1.165, 1.54) is 16.7 Å². The summed E-state index contributed by atoms with van der Waals surface area (Å²) in [6.07, 6.45) is 2.80. The molecule has 0 aliphatic rings. The third-order valence-electron chi connectivity index (χ3n) is 2.98. The van der Waals surface area contributed by atoms with Crippen molar-refractivity contribution in [3.05, 3.63) is 44.9 Å². The largest absolute Gasteiger partial charge is 0.487 e. The van der Waals surface area contributed by atoms with Crippen molar-refractivity contribution in [2.75, 3.05) is 6.54 Å². The summed E-state index contributed by atoms with van der Waals surface area (Å²) in [5, 5.41) is 1.07. The van der Waals surface area contributed by atoms with Gasteiger partial charge in [-0.1, -0.05) is 12.1 Å². The van der Waals surface area contributed by atoms with Crippen molar-refractivity contribution in [2.45, 2.75) is 33.8 Å². The lowest BCUT2D eigenvalue weighted by atomic mass is 10.0. The maximum Gasteiger partial charge on any atom is 0.125 e. The number of nitrogens with two attached hydrogens (primary N) is 1. The van der Waals surface area contributed by atoms with Crippen LogP contribution < -0.4 is 10.5 Å². The van der Waals surface area contributed by atoms with Crippen LogP contribution in [0.3, 0.4) is 0 Å². The molecule has 2 N–H and O–H groups in total. The summed E-state index contributed by atoms with van der Waals surface area (Å²) >= 11 is 1.68. The van der Waals surface area contributed by atoms with Gasteiger partial charge in [-0.2, -0.15) is 0 Å². The quantitative estimate of drug-likeness (QED) is 0.912. The first kappa shape index (κ1) is 14.0. The SMILES string of the molecule is Cc1ncc(COc2c(C)cc(CCN)cc2C)s1. The maximum absolute atomic E-state index is 5.94. The highest BCUT2D eigenvalue weighted by atomic mass is 32.1. The Hall–Kier alpha value is -1.39. The highest BCUT2D eigenvalue weighted by Crippen LogP contribution is 2.26. The number of hydrogen-bond donors (Lipinski definition) is 1. The minimum absolute atomic E-state index is 0.587. The second-order valence-corrected chi connectivity index (χ2v) is 6.05. The summed E-state index contributed by atoms with van der Waals surface area (Å²) < 4.78 is 5.94. The lowest BCUT2D eigenvalue weighted by molar-refractivity contribution is 0.305. The summed E-state index contributed by atoms with van der Waals surface area (Å²) in [6.45, 7) is 7.44. The van der Waals surface area contributed by atoms with Crippen LogP contribution in [-0.4, -0.2) is 11.5 Å². The third-order valence-corrected chi connectivity index (χ3v) is 3.87. The fourth-order valence-corrected chi connectivity index (χ4v) is 2.90. The van der Waals surface area contributed by atoms with E-state index < -0.39 is 0 Å². The molecule has 0 bridgehead atoms. The molecule has 0 spiro atoms. The lowest BCUT2D eigenvalue weighted by Gasteiger charge is -2.13. The van der Waals surface area contributed by atoms with Crippen molar-refractivity contribution in [1.82, 2.24) is 4.98 Å². The van der Waals surface area contributed by atoms with Gasteiger partial charge >= 0.3 is 0 Å². The van der Waals surface area contributed by atoms with Gasteiger partial charge in [0.2, 0.25) is 0 Å². The molecule has 0 saturated carbocycles. The molecule has 0 aliphatic heterocycles. The lowest BCUT2D eigenvalue weighted by Crippen LogP contribution is -2.04. The molecule has 1 heterocycles. The fourth-order valence-electron chi connectivity index (χ4n) is 2.19. The van der Waals surface area contributed by atoms with Crippen LogP contribution in [0.1, 0.15) is 26.6 Å². The van der Waals surface area contributed by atoms with Gasteiger partial charge in [-0.25, -0.2) is 4.98 Å². The van der Waals surface area contributed by atoms with Gasteiger partial charge in [-0.15, -0.1) is 11.3 Å². The van der Waals surface area contributed by atoms with Gasteiger partial charge in [-0.3, -0.25) is 0 Å². The van der Waals surface area contributed by atoms with E-state index in [9.17, 15) is 0 Å². The molecular weight excluding hydrogens is 256 g/mol. The molecule has 4 heteroatoms. The van der Waals surface area contributed by atoms with Crippen molar-refractivity contribution >= 4 is 11.3 Å². The first-order chi connectivity index (χ1) is 9.10. The number of rotatable bonds is 5. The van der Waals surface area contributed by atoms with E-state index in [0.717, 1.165) is 22.1 Å². The second-order valence-electron chi connectivity index (χ2n) is 4.73. The van der Waals surface area contributed by atoms with Crippen LogP contribution in [0, 0.1) is 20.8 Å². The zero-order valence-corrected chi connectivity index (χ0v) is 12.5. The van der Waals surface area contributed by atoms with Crippen molar-refractivity contribution in [3.63, 3.8) is 0 Å². The van der Waals surface area contributed by atoms with E-state index in [1.54, 1.807) is 11.3 Å². The van der Waals surface area contributed by atoms with E-state index in [2.05, 4.69) is 31.0 Å². The first-order valence-electron chi connectivity index (χ1n) is 6.44. The Kier molecular flexibility index (Phi) is 4.56. The topological polar surface area (TPSA) is 48.1 Å². The Morgan fingerprint density at radius 3 is 2.42 bits per heavy atom. The second kappa shape index (κ2) is 6.17. The van der Waals surface area contributed by atoms with Gasteiger partial charge in [0.05, 0.1) is 9.88 Å². The van der Waals surface area contributed by atoms with Gasteiger partial charge in [0.25, 0.3) is 0 Å². The van der Waals surface area contributed by atoms with Gasteiger partial charge in [0.15, 0.2) is 0 Å². The zero-order chi connectivity index (χ0) is 13.8. The predicted octanol–water partition coefficient (Wildman–Crippen LogP) is 3.15. The van der Waals surface area contributed by atoms with Crippen LogP contribution in [0.25, 0.3) is 0 Å². The van der Waals surface area contributed by atoms with Crippen LogP contribution in [0.4, 0.5) is 0 Å². The normalized spacial score (nSPS) is 10.7. The van der Waals surface area contributed by atoms with E-state index in [4.69, 9.17) is 10.5 Å². The average molecular weight is 276 g/mol. The monoisotopic (exact) mass is 276 g/mol. The zero-order valence-electron chi connectivity index (χ0n) is 11.7. The molecule has 1 aromatic heterocycles. The number of benzene rings is 1. The fraction of sp³-hybridized carbons (Fsp3) is 0.400. The standard InChI is InChI=1S/C15H20N2OS/c1-10-6-13(4-5-16)7-11(2)15(10)18-9-14-8-17-12(3)19-14/h6-8H,4-5,9,16H2,1-3H3.